The van der Waals surface area contributed by atoms with Crippen molar-refractivity contribution in [1.29, 1.82) is 0 Å². The second kappa shape index (κ2) is 2.12. The Morgan fingerprint density at radius 3 is 2.40 bits per heavy atom. The molecule has 0 aromatic carbocycles. The normalized spacial score (nSPS) is 22.7. The lowest BCUT2D eigenvalue weighted by molar-refractivity contribution is 0.293. The van der Waals surface area contributed by atoms with Gasteiger partial charge >= 0.3 is 8.56 Å². The fourth-order valence-electron chi connectivity index (χ4n) is 0.882. The minimum Gasteiger partial charge on any atom is -0.501 e. The highest BCUT2D eigenvalue weighted by atomic mass is 28.4. The Labute approximate surface area is 61.6 Å². The third kappa shape index (κ3) is 1.60. The zero-order valence-corrected chi connectivity index (χ0v) is 7.47. The van der Waals surface area contributed by atoms with Crippen LogP contribution in [0.4, 0.5) is 0 Å². The summed E-state index contributed by atoms with van der Waals surface area (Å²) in [7, 11) is -1.95. The first kappa shape index (κ1) is 7.34. The highest BCUT2D eigenvalue weighted by Gasteiger charge is 2.32. The van der Waals surface area contributed by atoms with Gasteiger partial charge in [-0.2, -0.15) is 4.99 Å². The summed E-state index contributed by atoms with van der Waals surface area (Å²) in [5.74, 6) is 1.13. The first-order valence-electron chi connectivity index (χ1n) is 3.12. The van der Waals surface area contributed by atoms with Gasteiger partial charge in [0.25, 0.3) is 0 Å². The second-order valence-electron chi connectivity index (χ2n) is 2.63. The van der Waals surface area contributed by atoms with Crippen LogP contribution in [-0.2, 0) is 8.85 Å². The molecule has 0 bridgehead atoms. The summed E-state index contributed by atoms with van der Waals surface area (Å²) >= 11 is 0. The molecule has 0 aromatic rings. The molecular weight excluding hydrogens is 146 g/mol. The summed E-state index contributed by atoms with van der Waals surface area (Å²) in [6, 6.07) is 0. The molecule has 0 saturated carbocycles. The van der Waals surface area contributed by atoms with E-state index in [2.05, 4.69) is 11.6 Å². The number of hydrogen-bond donors (Lipinski definition) is 0. The molecule has 3 nitrogen and oxygen atoms in total. The van der Waals surface area contributed by atoms with Crippen LogP contribution >= 0.6 is 0 Å². The van der Waals surface area contributed by atoms with Gasteiger partial charge in [0.2, 0.25) is 0 Å². The monoisotopic (exact) mass is 157 g/mol. The van der Waals surface area contributed by atoms with Crippen LogP contribution in [0.1, 0.15) is 6.92 Å². The van der Waals surface area contributed by atoms with E-state index in [1.165, 1.54) is 0 Å². The highest BCUT2D eigenvalue weighted by molar-refractivity contribution is 6.66. The van der Waals surface area contributed by atoms with Crippen LogP contribution in [-0.4, -0.2) is 14.5 Å². The second-order valence-corrected chi connectivity index (χ2v) is 5.84. The first-order valence-corrected chi connectivity index (χ1v) is 5.93. The number of hydrogen-bond acceptors (Lipinski definition) is 3. The molecule has 4 heteroatoms. The van der Waals surface area contributed by atoms with Gasteiger partial charge in [0.15, 0.2) is 11.8 Å². The maximum atomic E-state index is 5.35. The molecule has 1 aliphatic rings. The van der Waals surface area contributed by atoms with Gasteiger partial charge in [-0.05, 0) is 6.58 Å². The molecule has 1 heterocycles. The third-order valence-electron chi connectivity index (χ3n) is 1.04. The van der Waals surface area contributed by atoms with E-state index >= 15 is 0 Å². The van der Waals surface area contributed by atoms with E-state index in [0.717, 1.165) is 0 Å². The lowest BCUT2D eigenvalue weighted by Gasteiger charge is -2.27. The molecule has 0 atom stereocenters. The Morgan fingerprint density at radius 1 is 1.40 bits per heavy atom. The molecule has 0 aliphatic carbocycles. The van der Waals surface area contributed by atoms with Crippen molar-refractivity contribution in [2.75, 3.05) is 0 Å². The van der Waals surface area contributed by atoms with Crippen molar-refractivity contribution in [1.82, 2.24) is 0 Å². The van der Waals surface area contributed by atoms with Crippen molar-refractivity contribution < 1.29 is 8.85 Å². The zero-order chi connectivity index (χ0) is 7.78. The van der Waals surface area contributed by atoms with Crippen molar-refractivity contribution in [2.45, 2.75) is 20.0 Å². The average molecular weight is 157 g/mol. The van der Waals surface area contributed by atoms with Crippen molar-refractivity contribution in [3.63, 3.8) is 0 Å². The van der Waals surface area contributed by atoms with Gasteiger partial charge in [0.1, 0.15) is 0 Å². The van der Waals surface area contributed by atoms with Gasteiger partial charge in [0.05, 0.1) is 0 Å². The van der Waals surface area contributed by atoms with Crippen LogP contribution in [0.5, 0.6) is 0 Å². The van der Waals surface area contributed by atoms with Crippen LogP contribution in [0.15, 0.2) is 17.5 Å². The number of nitrogens with zero attached hydrogens (tertiary/aromatic N) is 1. The van der Waals surface area contributed by atoms with Gasteiger partial charge in [-0.3, -0.25) is 0 Å². The van der Waals surface area contributed by atoms with Gasteiger partial charge < -0.3 is 8.85 Å². The standard InChI is InChI=1S/C6H11NO2Si/c1-5-7-6(2)9-10(3,4)8-5/h1H2,2-4H3. The first-order chi connectivity index (χ1) is 4.49. The van der Waals surface area contributed by atoms with Crippen LogP contribution in [0.25, 0.3) is 0 Å². The Kier molecular flexibility index (Phi) is 1.56. The van der Waals surface area contributed by atoms with Crippen molar-refractivity contribution in [3.05, 3.63) is 12.5 Å². The van der Waals surface area contributed by atoms with Crippen LogP contribution in [0, 0.1) is 0 Å². The SMILES string of the molecule is C=C1N=C(C)O[Si](C)(C)O1. The molecule has 0 saturated heterocycles. The molecule has 0 spiro atoms. The summed E-state index contributed by atoms with van der Waals surface area (Å²) in [6.07, 6.45) is 0. The summed E-state index contributed by atoms with van der Waals surface area (Å²) in [4.78, 5) is 3.89. The summed E-state index contributed by atoms with van der Waals surface area (Å²) in [5, 5.41) is 0. The van der Waals surface area contributed by atoms with Gasteiger partial charge in [-0.15, -0.1) is 0 Å². The molecule has 0 radical (unpaired) electrons. The predicted molar refractivity (Wildman–Crippen MR) is 41.9 cm³/mol. The van der Waals surface area contributed by atoms with Gasteiger partial charge in [-0.1, -0.05) is 0 Å². The maximum absolute atomic E-state index is 5.35. The molecule has 1 aliphatic heterocycles. The van der Waals surface area contributed by atoms with E-state index in [9.17, 15) is 0 Å². The Morgan fingerprint density at radius 2 is 2.00 bits per heavy atom. The average Bonchev–Trinajstić information content (AvgIpc) is 1.54. The van der Waals surface area contributed by atoms with Crippen molar-refractivity contribution in [2.24, 2.45) is 4.99 Å². The number of aliphatic imine (C=N–C) groups is 1. The number of rotatable bonds is 0. The van der Waals surface area contributed by atoms with E-state index in [1.54, 1.807) is 0 Å². The van der Waals surface area contributed by atoms with E-state index in [-0.39, 0.29) is 0 Å². The van der Waals surface area contributed by atoms with Crippen LogP contribution in [0.2, 0.25) is 13.1 Å². The largest absolute Gasteiger partial charge is 0.501 e. The fourth-order valence-corrected chi connectivity index (χ4v) is 2.29. The summed E-state index contributed by atoms with van der Waals surface area (Å²) in [5.41, 5.74) is 0. The van der Waals surface area contributed by atoms with Gasteiger partial charge in [-0.25, -0.2) is 0 Å². The minimum atomic E-state index is -1.95. The highest BCUT2D eigenvalue weighted by Crippen LogP contribution is 2.17. The summed E-state index contributed by atoms with van der Waals surface area (Å²) in [6.45, 7) is 9.32. The van der Waals surface area contributed by atoms with E-state index in [4.69, 9.17) is 8.85 Å². The smallest absolute Gasteiger partial charge is 0.455 e. The van der Waals surface area contributed by atoms with Gasteiger partial charge in [0, 0.05) is 20.0 Å². The molecule has 0 amide bonds. The molecule has 10 heavy (non-hydrogen) atoms. The fraction of sp³-hybridized carbons (Fsp3) is 0.500. The van der Waals surface area contributed by atoms with Crippen molar-refractivity contribution in [3.8, 4) is 0 Å². The Balaban J connectivity index is 2.80. The zero-order valence-electron chi connectivity index (χ0n) is 6.47. The third-order valence-corrected chi connectivity index (χ3v) is 2.55. The summed E-state index contributed by atoms with van der Waals surface area (Å²) < 4.78 is 10.6. The van der Waals surface area contributed by atoms with E-state index in [1.807, 2.05) is 20.0 Å². The topological polar surface area (TPSA) is 30.8 Å². The Hall–Kier alpha value is -0.773. The predicted octanol–water partition coefficient (Wildman–Crippen LogP) is 1.62. The molecule has 0 aromatic heterocycles. The molecule has 0 unspecified atom stereocenters. The van der Waals surface area contributed by atoms with Crippen molar-refractivity contribution >= 4 is 14.5 Å². The molecule has 0 fully saturated rings. The van der Waals surface area contributed by atoms with E-state index in [0.29, 0.717) is 11.8 Å². The van der Waals surface area contributed by atoms with Crippen LogP contribution in [0.3, 0.4) is 0 Å². The Bertz CT molecular complexity index is 198. The van der Waals surface area contributed by atoms with E-state index < -0.39 is 8.56 Å². The maximum Gasteiger partial charge on any atom is 0.455 e. The lowest BCUT2D eigenvalue weighted by Crippen LogP contribution is -2.38. The molecular formula is C6H11NO2Si. The van der Waals surface area contributed by atoms with Crippen LogP contribution < -0.4 is 0 Å². The lowest BCUT2D eigenvalue weighted by atomic mass is 10.7. The molecule has 0 N–H and O–H groups in total. The molecule has 1 rings (SSSR count). The molecule has 56 valence electrons. The minimum absolute atomic E-state index is 0.473. The quantitative estimate of drug-likeness (QED) is 0.500.